The average Bonchev–Trinajstić information content (AvgIpc) is 2.67. The number of nitrogens with two attached hydrogens (primary N) is 1. The topological polar surface area (TPSA) is 146 Å². The number of aliphatic carboxylic acids is 1. The van der Waals surface area contributed by atoms with Crippen LogP contribution in [0.5, 0.6) is 0 Å². The number of phosphoric ester groups is 1. The molecule has 0 aromatic heterocycles. The summed E-state index contributed by atoms with van der Waals surface area (Å²) in [6.45, 7) is 3.74. The van der Waals surface area contributed by atoms with Gasteiger partial charge in [0.15, 0.2) is 0 Å². The van der Waals surface area contributed by atoms with Crippen LogP contribution in [0.25, 0.3) is 0 Å². The van der Waals surface area contributed by atoms with E-state index in [1.807, 2.05) is 0 Å². The van der Waals surface area contributed by atoms with Crippen LogP contribution in [0.2, 0.25) is 0 Å². The van der Waals surface area contributed by atoms with E-state index in [4.69, 9.17) is 24.0 Å². The number of phosphoric acid groups is 1. The highest BCUT2D eigenvalue weighted by Crippen LogP contribution is 2.53. The number of carboxylic acid groups (broad SMARTS) is 1. The predicted octanol–water partition coefficient (Wildman–Crippen LogP) is 3.19. The zero-order valence-electron chi connectivity index (χ0n) is 16.6. The van der Waals surface area contributed by atoms with E-state index in [0.717, 1.165) is 0 Å². The summed E-state index contributed by atoms with van der Waals surface area (Å²) in [5.41, 5.74) is 5.78. The van der Waals surface area contributed by atoms with Crippen LogP contribution in [0.4, 0.5) is 4.79 Å². The lowest BCUT2D eigenvalue weighted by Crippen LogP contribution is -2.41. The summed E-state index contributed by atoms with van der Waals surface area (Å²) < 4.78 is 33.5. The Labute approximate surface area is 170 Å². The van der Waals surface area contributed by atoms with Gasteiger partial charge < -0.3 is 20.9 Å². The number of unbranched alkanes of at least 4 members (excludes halogenated alkanes) is 1. The fraction of sp³-hybridized carbons (Fsp3) is 0.556. The van der Waals surface area contributed by atoms with E-state index in [9.17, 15) is 19.3 Å². The van der Waals surface area contributed by atoms with Crippen molar-refractivity contribution in [2.45, 2.75) is 45.4 Å². The van der Waals surface area contributed by atoms with E-state index < -0.39 is 32.2 Å². The first kappa shape index (κ1) is 25.1. The van der Waals surface area contributed by atoms with Crippen molar-refractivity contribution in [3.05, 3.63) is 35.9 Å². The maximum Gasteiger partial charge on any atom is 0.478 e. The molecule has 29 heavy (non-hydrogen) atoms. The van der Waals surface area contributed by atoms with Crippen molar-refractivity contribution in [1.82, 2.24) is 5.32 Å². The van der Waals surface area contributed by atoms with Crippen LogP contribution in [0.1, 0.15) is 45.0 Å². The number of amides is 1. The van der Waals surface area contributed by atoms with Gasteiger partial charge in [-0.25, -0.2) is 18.7 Å². The first-order chi connectivity index (χ1) is 13.8. The molecule has 2 atom stereocenters. The van der Waals surface area contributed by atoms with Crippen LogP contribution in [-0.2, 0) is 27.7 Å². The smallest absolute Gasteiger partial charge is 0.478 e. The molecule has 0 fully saturated rings. The number of carbonyl (C=O) groups is 2. The molecule has 164 valence electrons. The van der Waals surface area contributed by atoms with Crippen molar-refractivity contribution in [1.29, 1.82) is 0 Å². The second-order valence-electron chi connectivity index (χ2n) is 5.86. The molecule has 10 nitrogen and oxygen atoms in total. The number of carboxylic acids is 1. The fourth-order valence-corrected chi connectivity index (χ4v) is 3.54. The molecule has 0 bridgehead atoms. The Morgan fingerprint density at radius 3 is 2.28 bits per heavy atom. The summed E-state index contributed by atoms with van der Waals surface area (Å²) in [7, 11) is -4.01. The monoisotopic (exact) mass is 432 g/mol. The number of alkyl carbamates (subject to hydrolysis) is 1. The minimum absolute atomic E-state index is 0.0488. The van der Waals surface area contributed by atoms with Crippen molar-refractivity contribution < 1.29 is 37.6 Å². The van der Waals surface area contributed by atoms with Gasteiger partial charge in [0.2, 0.25) is 6.29 Å². The zero-order valence-corrected chi connectivity index (χ0v) is 17.5. The predicted molar refractivity (Wildman–Crippen MR) is 105 cm³/mol. The summed E-state index contributed by atoms with van der Waals surface area (Å²) in [6.07, 6.45) is -1.13. The van der Waals surface area contributed by atoms with Gasteiger partial charge in [-0.2, -0.15) is 0 Å². The third-order valence-electron chi connectivity index (χ3n) is 3.62. The Morgan fingerprint density at radius 1 is 1.14 bits per heavy atom. The quantitative estimate of drug-likeness (QED) is 0.229. The van der Waals surface area contributed by atoms with Crippen molar-refractivity contribution in [3.8, 4) is 0 Å². The summed E-state index contributed by atoms with van der Waals surface area (Å²) in [5, 5.41) is 11.6. The van der Waals surface area contributed by atoms with Gasteiger partial charge in [0.05, 0.1) is 13.2 Å². The Morgan fingerprint density at radius 2 is 1.76 bits per heavy atom. The molecule has 4 N–H and O–H groups in total. The molecule has 2 unspecified atom stereocenters. The van der Waals surface area contributed by atoms with E-state index in [-0.39, 0.29) is 19.6 Å². The number of ether oxygens (including phenoxy) is 1. The van der Waals surface area contributed by atoms with Gasteiger partial charge in [0.1, 0.15) is 6.04 Å². The van der Waals surface area contributed by atoms with Gasteiger partial charge in [-0.1, -0.05) is 30.3 Å². The van der Waals surface area contributed by atoms with E-state index in [1.165, 1.54) is 0 Å². The van der Waals surface area contributed by atoms with Crippen LogP contribution in [0.15, 0.2) is 30.3 Å². The third-order valence-corrected chi connectivity index (χ3v) is 5.22. The molecule has 0 radical (unpaired) electrons. The maximum atomic E-state index is 12.7. The highest BCUT2D eigenvalue weighted by atomic mass is 31.2. The highest BCUT2D eigenvalue weighted by Gasteiger charge is 2.33. The van der Waals surface area contributed by atoms with E-state index in [1.54, 1.807) is 44.2 Å². The van der Waals surface area contributed by atoms with E-state index >= 15 is 0 Å². The van der Waals surface area contributed by atoms with Gasteiger partial charge in [0.25, 0.3) is 0 Å². The van der Waals surface area contributed by atoms with Gasteiger partial charge in [-0.3, -0.25) is 9.05 Å². The normalized spacial score (nSPS) is 13.5. The lowest BCUT2D eigenvalue weighted by atomic mass is 10.1. The highest BCUT2D eigenvalue weighted by molar-refractivity contribution is 7.48. The molecular formula is C18H29N2O8P. The lowest BCUT2D eigenvalue weighted by Gasteiger charge is -2.24. The molecule has 0 aliphatic rings. The second kappa shape index (κ2) is 13.3. The number of hydrogen-bond donors (Lipinski definition) is 3. The molecule has 0 saturated carbocycles. The molecule has 1 rings (SSSR count). The Bertz CT molecular complexity index is 663. The average molecular weight is 432 g/mol. The van der Waals surface area contributed by atoms with Crippen LogP contribution in [0, 0.1) is 0 Å². The molecule has 0 aliphatic carbocycles. The summed E-state index contributed by atoms with van der Waals surface area (Å²) in [5.74, 6) is -1.20. The van der Waals surface area contributed by atoms with E-state index in [0.29, 0.717) is 24.9 Å². The SMILES string of the molecule is CCOP(=O)(OCC)OC(OC(=O)NC(CCCCN)C(=O)O)c1ccccc1. The van der Waals surface area contributed by atoms with Crippen LogP contribution < -0.4 is 11.1 Å². The third kappa shape index (κ3) is 9.38. The lowest BCUT2D eigenvalue weighted by molar-refractivity contribution is -0.140. The van der Waals surface area contributed by atoms with Crippen LogP contribution in [0.3, 0.4) is 0 Å². The molecule has 11 heteroatoms. The second-order valence-corrected chi connectivity index (χ2v) is 7.48. The minimum atomic E-state index is -4.01. The molecule has 1 aromatic carbocycles. The summed E-state index contributed by atoms with van der Waals surface area (Å²) in [6, 6.07) is 7.12. The van der Waals surface area contributed by atoms with Crippen LogP contribution in [-0.4, -0.2) is 43.0 Å². The number of nitrogens with one attached hydrogen (secondary N) is 1. The minimum Gasteiger partial charge on any atom is -0.480 e. The van der Waals surface area contributed by atoms with Crippen LogP contribution >= 0.6 is 7.82 Å². The zero-order chi connectivity index (χ0) is 21.7. The molecule has 0 spiro atoms. The Balaban J connectivity index is 2.92. The van der Waals surface area contributed by atoms with Gasteiger partial charge in [0, 0.05) is 5.56 Å². The number of carbonyl (C=O) groups excluding carboxylic acids is 1. The number of benzene rings is 1. The molecule has 1 aromatic rings. The van der Waals surface area contributed by atoms with Gasteiger partial charge >= 0.3 is 19.9 Å². The molecule has 0 aliphatic heterocycles. The maximum absolute atomic E-state index is 12.7. The van der Waals surface area contributed by atoms with Gasteiger partial charge in [-0.05, 0) is 39.7 Å². The van der Waals surface area contributed by atoms with Crippen molar-refractivity contribution >= 4 is 19.9 Å². The standard InChI is InChI=1S/C18H29N2O8P/c1-3-25-29(24,26-4-2)28-17(14-10-6-5-7-11-14)27-18(23)20-15(16(21)22)12-8-9-13-19/h5-7,10-11,15,17H,3-4,8-9,12-13,19H2,1-2H3,(H,20,23)(H,21,22). The Hall–Kier alpha value is -1.97. The fourth-order valence-electron chi connectivity index (χ4n) is 2.32. The molecule has 1 amide bonds. The number of hydrogen-bond acceptors (Lipinski definition) is 8. The largest absolute Gasteiger partial charge is 0.480 e. The van der Waals surface area contributed by atoms with Crippen molar-refractivity contribution in [2.24, 2.45) is 5.73 Å². The number of rotatable bonds is 14. The first-order valence-electron chi connectivity index (χ1n) is 9.37. The van der Waals surface area contributed by atoms with Gasteiger partial charge in [-0.15, -0.1) is 0 Å². The Kier molecular flexibility index (Phi) is 11.5. The van der Waals surface area contributed by atoms with Crippen molar-refractivity contribution in [3.63, 3.8) is 0 Å². The summed E-state index contributed by atoms with van der Waals surface area (Å²) >= 11 is 0. The van der Waals surface area contributed by atoms with Crippen molar-refractivity contribution in [2.75, 3.05) is 19.8 Å². The molecule has 0 heterocycles. The first-order valence-corrected chi connectivity index (χ1v) is 10.8. The molecular weight excluding hydrogens is 403 g/mol. The summed E-state index contributed by atoms with van der Waals surface area (Å²) in [4.78, 5) is 23.7. The van der Waals surface area contributed by atoms with E-state index in [2.05, 4.69) is 5.32 Å². The molecule has 0 saturated heterocycles.